The second-order valence-electron chi connectivity index (χ2n) is 4.03. The van der Waals surface area contributed by atoms with E-state index in [1.807, 2.05) is 13.1 Å². The number of aromatic nitrogens is 1. The molecular weight excluding hydrogens is 208 g/mol. The average Bonchev–Trinajstić information content (AvgIpc) is 2.58. The Balaban J connectivity index is 2.39. The number of hydrogen-bond acceptors (Lipinski definition) is 4. The molecule has 1 heterocycles. The predicted octanol–water partition coefficient (Wildman–Crippen LogP) is 2.21. The number of methoxy groups -OCH3 is 1. The normalized spacial score (nSPS) is 13.4. The first-order valence-corrected chi connectivity index (χ1v) is 6.08. The van der Waals surface area contributed by atoms with Crippen LogP contribution in [0, 0.1) is 12.8 Å². The van der Waals surface area contributed by atoms with Crippen molar-refractivity contribution in [1.82, 2.24) is 10.3 Å². The monoisotopic (exact) mass is 228 g/mol. The fourth-order valence-electron chi connectivity index (χ4n) is 1.39. The lowest BCUT2D eigenvalue weighted by Crippen LogP contribution is -2.37. The van der Waals surface area contributed by atoms with Crippen LogP contribution in [0.5, 0.6) is 0 Å². The summed E-state index contributed by atoms with van der Waals surface area (Å²) in [7, 11) is 1.74. The molecule has 0 fully saturated rings. The largest absolute Gasteiger partial charge is 0.383 e. The fraction of sp³-hybridized carbons (Fsp3) is 0.727. The molecule has 1 aromatic rings. The molecule has 1 N–H and O–H groups in total. The first-order valence-electron chi connectivity index (χ1n) is 5.27. The first-order chi connectivity index (χ1) is 7.13. The van der Waals surface area contributed by atoms with Crippen molar-refractivity contribution in [3.63, 3.8) is 0 Å². The van der Waals surface area contributed by atoms with Gasteiger partial charge >= 0.3 is 0 Å². The van der Waals surface area contributed by atoms with Gasteiger partial charge in [0, 0.05) is 30.8 Å². The summed E-state index contributed by atoms with van der Waals surface area (Å²) >= 11 is 1.75. The quantitative estimate of drug-likeness (QED) is 0.810. The Morgan fingerprint density at radius 1 is 1.53 bits per heavy atom. The van der Waals surface area contributed by atoms with Gasteiger partial charge in [-0.1, -0.05) is 13.8 Å². The van der Waals surface area contributed by atoms with E-state index >= 15 is 0 Å². The van der Waals surface area contributed by atoms with Crippen molar-refractivity contribution in [1.29, 1.82) is 0 Å². The topological polar surface area (TPSA) is 34.1 Å². The lowest BCUT2D eigenvalue weighted by atomic mass is 10.1. The Morgan fingerprint density at radius 3 is 2.73 bits per heavy atom. The Hall–Kier alpha value is -0.450. The van der Waals surface area contributed by atoms with Gasteiger partial charge in [0.15, 0.2) is 0 Å². The van der Waals surface area contributed by atoms with Gasteiger partial charge in [-0.3, -0.25) is 0 Å². The van der Waals surface area contributed by atoms with Crippen molar-refractivity contribution in [3.8, 4) is 0 Å². The molecule has 4 heteroatoms. The summed E-state index contributed by atoms with van der Waals surface area (Å²) in [5.41, 5.74) is 0. The number of nitrogens with zero attached hydrogens (tertiary/aromatic N) is 1. The lowest BCUT2D eigenvalue weighted by Gasteiger charge is -2.20. The molecule has 0 aliphatic rings. The summed E-state index contributed by atoms with van der Waals surface area (Å²) in [6.45, 7) is 8.08. The summed E-state index contributed by atoms with van der Waals surface area (Å²) in [5.74, 6) is 0.582. The zero-order valence-electron chi connectivity index (χ0n) is 9.91. The Morgan fingerprint density at radius 2 is 2.27 bits per heavy atom. The first kappa shape index (κ1) is 12.6. The molecule has 15 heavy (non-hydrogen) atoms. The van der Waals surface area contributed by atoms with Gasteiger partial charge in [0.25, 0.3) is 0 Å². The number of thiazole rings is 1. The molecule has 0 amide bonds. The molecule has 0 saturated carbocycles. The van der Waals surface area contributed by atoms with E-state index < -0.39 is 0 Å². The Bertz CT molecular complexity index is 286. The summed E-state index contributed by atoms with van der Waals surface area (Å²) in [6.07, 6.45) is 1.94. The maximum Gasteiger partial charge on any atom is 0.0897 e. The molecule has 0 bridgehead atoms. The molecule has 0 aliphatic heterocycles. The van der Waals surface area contributed by atoms with Gasteiger partial charge in [-0.15, -0.1) is 11.3 Å². The van der Waals surface area contributed by atoms with Crippen LogP contribution in [0.1, 0.15) is 23.7 Å². The van der Waals surface area contributed by atoms with E-state index in [1.165, 1.54) is 4.88 Å². The minimum atomic E-state index is 0.414. The summed E-state index contributed by atoms with van der Waals surface area (Å²) in [4.78, 5) is 5.52. The number of aryl methyl sites for hydroxylation is 1. The van der Waals surface area contributed by atoms with Crippen LogP contribution in [-0.2, 0) is 11.3 Å². The molecule has 1 aromatic heterocycles. The van der Waals surface area contributed by atoms with E-state index in [2.05, 4.69) is 24.1 Å². The van der Waals surface area contributed by atoms with E-state index in [9.17, 15) is 0 Å². The van der Waals surface area contributed by atoms with Crippen LogP contribution in [-0.4, -0.2) is 24.7 Å². The summed E-state index contributed by atoms with van der Waals surface area (Å²) < 4.78 is 5.18. The van der Waals surface area contributed by atoms with Crippen molar-refractivity contribution in [2.45, 2.75) is 33.4 Å². The second-order valence-corrected chi connectivity index (χ2v) is 5.35. The van der Waals surface area contributed by atoms with E-state index in [4.69, 9.17) is 4.74 Å². The molecule has 1 unspecified atom stereocenters. The van der Waals surface area contributed by atoms with Crippen molar-refractivity contribution in [3.05, 3.63) is 16.1 Å². The third-order valence-corrected chi connectivity index (χ3v) is 3.27. The molecule has 0 saturated heterocycles. The minimum absolute atomic E-state index is 0.414. The molecular formula is C11H20N2OS. The van der Waals surface area contributed by atoms with E-state index in [-0.39, 0.29) is 0 Å². The Labute approximate surface area is 95.9 Å². The van der Waals surface area contributed by atoms with Crippen LogP contribution in [0.4, 0.5) is 0 Å². The number of rotatable bonds is 6. The number of hydrogen-bond donors (Lipinski definition) is 1. The lowest BCUT2D eigenvalue weighted by molar-refractivity contribution is 0.146. The highest BCUT2D eigenvalue weighted by molar-refractivity contribution is 7.11. The second kappa shape index (κ2) is 6.20. The molecule has 0 radical (unpaired) electrons. The van der Waals surface area contributed by atoms with Crippen LogP contribution >= 0.6 is 11.3 Å². The van der Waals surface area contributed by atoms with Gasteiger partial charge in [0.1, 0.15) is 0 Å². The highest BCUT2D eigenvalue weighted by Gasteiger charge is 2.12. The molecule has 3 nitrogen and oxygen atoms in total. The van der Waals surface area contributed by atoms with Gasteiger partial charge in [0.2, 0.25) is 0 Å². The van der Waals surface area contributed by atoms with Crippen molar-refractivity contribution < 1.29 is 4.74 Å². The summed E-state index contributed by atoms with van der Waals surface area (Å²) in [6, 6.07) is 0.414. The highest BCUT2D eigenvalue weighted by Crippen LogP contribution is 2.12. The SMILES string of the molecule is COCC(NCc1cnc(C)s1)C(C)C. The molecule has 0 aliphatic carbocycles. The van der Waals surface area contributed by atoms with Crippen molar-refractivity contribution in [2.24, 2.45) is 5.92 Å². The third-order valence-electron chi connectivity index (χ3n) is 2.36. The highest BCUT2D eigenvalue weighted by atomic mass is 32.1. The predicted molar refractivity (Wildman–Crippen MR) is 64.2 cm³/mol. The van der Waals surface area contributed by atoms with Crippen LogP contribution in [0.25, 0.3) is 0 Å². The van der Waals surface area contributed by atoms with Gasteiger partial charge < -0.3 is 10.1 Å². The number of ether oxygens (including phenoxy) is 1. The molecule has 0 spiro atoms. The standard InChI is InChI=1S/C11H20N2OS/c1-8(2)11(7-14-4)13-6-10-5-12-9(3)15-10/h5,8,11,13H,6-7H2,1-4H3. The van der Waals surface area contributed by atoms with E-state index in [0.29, 0.717) is 12.0 Å². The average molecular weight is 228 g/mol. The fourth-order valence-corrected chi connectivity index (χ4v) is 2.13. The van der Waals surface area contributed by atoms with Crippen LogP contribution < -0.4 is 5.32 Å². The van der Waals surface area contributed by atoms with Crippen molar-refractivity contribution >= 4 is 11.3 Å². The van der Waals surface area contributed by atoms with Gasteiger partial charge in [-0.05, 0) is 12.8 Å². The maximum atomic E-state index is 5.18. The molecule has 1 rings (SSSR count). The van der Waals surface area contributed by atoms with Crippen LogP contribution in [0.3, 0.4) is 0 Å². The van der Waals surface area contributed by atoms with Crippen LogP contribution in [0.15, 0.2) is 6.20 Å². The minimum Gasteiger partial charge on any atom is -0.383 e. The van der Waals surface area contributed by atoms with Gasteiger partial charge in [-0.25, -0.2) is 4.98 Å². The summed E-state index contributed by atoms with van der Waals surface area (Å²) in [5, 5.41) is 4.62. The molecule has 0 aromatic carbocycles. The van der Waals surface area contributed by atoms with E-state index in [0.717, 1.165) is 18.2 Å². The number of nitrogens with one attached hydrogen (secondary N) is 1. The van der Waals surface area contributed by atoms with Crippen LogP contribution in [0.2, 0.25) is 0 Å². The van der Waals surface area contributed by atoms with E-state index in [1.54, 1.807) is 18.4 Å². The zero-order chi connectivity index (χ0) is 11.3. The Kier molecular flexibility index (Phi) is 5.22. The maximum absolute atomic E-state index is 5.18. The van der Waals surface area contributed by atoms with Gasteiger partial charge in [-0.2, -0.15) is 0 Å². The molecule has 86 valence electrons. The third kappa shape index (κ3) is 4.28. The zero-order valence-corrected chi connectivity index (χ0v) is 10.7. The molecule has 1 atom stereocenters. The van der Waals surface area contributed by atoms with Gasteiger partial charge in [0.05, 0.1) is 11.6 Å². The van der Waals surface area contributed by atoms with Crippen molar-refractivity contribution in [2.75, 3.05) is 13.7 Å². The smallest absolute Gasteiger partial charge is 0.0897 e.